The maximum Gasteiger partial charge on any atom is 0.425 e. The van der Waals surface area contributed by atoms with E-state index in [4.69, 9.17) is 21.4 Å². The third kappa shape index (κ3) is 4.74. The molecule has 0 spiro atoms. The number of amides is 1. The largest absolute Gasteiger partial charge is 0.481 e. The molecule has 0 saturated heterocycles. The molecular formula is C15H21F3N4O3. The second-order valence-electron chi connectivity index (χ2n) is 6.56. The summed E-state index contributed by atoms with van der Waals surface area (Å²) < 4.78 is 43.6. The first kappa shape index (κ1) is 20.5. The van der Waals surface area contributed by atoms with E-state index in [1.54, 1.807) is 20.8 Å². The van der Waals surface area contributed by atoms with E-state index in [0.29, 0.717) is 0 Å². The second-order valence-corrected chi connectivity index (χ2v) is 6.56. The van der Waals surface area contributed by atoms with Crippen molar-refractivity contribution in [2.75, 3.05) is 0 Å². The Hall–Kier alpha value is -2.52. The first-order valence-electron chi connectivity index (χ1n) is 7.30. The zero-order valence-corrected chi connectivity index (χ0v) is 14.3. The van der Waals surface area contributed by atoms with E-state index in [-0.39, 0.29) is 22.8 Å². The summed E-state index contributed by atoms with van der Waals surface area (Å²) >= 11 is 0. The number of nitrogens with zero attached hydrogens (tertiary/aromatic N) is 2. The number of alkyl halides is 3. The number of rotatable bonds is 5. The van der Waals surface area contributed by atoms with E-state index in [1.807, 2.05) is 0 Å². The molecule has 0 saturated carbocycles. The minimum atomic E-state index is -4.62. The molecule has 5 N–H and O–H groups in total. The van der Waals surface area contributed by atoms with Gasteiger partial charge in [0.1, 0.15) is 17.3 Å². The van der Waals surface area contributed by atoms with Crippen LogP contribution in [0.15, 0.2) is 17.4 Å². The Balaban J connectivity index is 3.66. The van der Waals surface area contributed by atoms with Crippen LogP contribution in [0, 0.1) is 5.41 Å². The van der Waals surface area contributed by atoms with Crippen LogP contribution in [0.25, 0.3) is 0 Å². The van der Waals surface area contributed by atoms with Crippen LogP contribution >= 0.6 is 0 Å². The molecule has 1 aromatic rings. The highest BCUT2D eigenvalue weighted by Crippen LogP contribution is 2.42. The molecule has 7 nitrogen and oxygen atoms in total. The molecule has 2 atom stereocenters. The zero-order valence-electron chi connectivity index (χ0n) is 14.3. The van der Waals surface area contributed by atoms with Crippen LogP contribution in [0.5, 0.6) is 5.75 Å². The highest BCUT2D eigenvalue weighted by Gasteiger charge is 2.41. The Labute approximate surface area is 142 Å². The topological polar surface area (TPSA) is 124 Å². The van der Waals surface area contributed by atoms with E-state index < -0.39 is 29.5 Å². The second kappa shape index (κ2) is 7.16. The molecule has 0 aliphatic rings. The number of primary amides is 1. The molecular weight excluding hydrogens is 341 g/mol. The highest BCUT2D eigenvalue weighted by molar-refractivity contribution is 5.97. The Bertz CT molecular complexity index is 669. The van der Waals surface area contributed by atoms with Gasteiger partial charge >= 0.3 is 6.18 Å². The molecule has 1 rings (SSSR count). The lowest BCUT2D eigenvalue weighted by molar-refractivity contribution is -0.189. The van der Waals surface area contributed by atoms with Crippen LogP contribution in [0.2, 0.25) is 0 Å². The molecule has 0 bridgehead atoms. The van der Waals surface area contributed by atoms with E-state index in [0.717, 1.165) is 13.1 Å². The molecule has 0 aliphatic carbocycles. The van der Waals surface area contributed by atoms with Gasteiger partial charge in [-0.25, -0.2) is 0 Å². The summed E-state index contributed by atoms with van der Waals surface area (Å²) in [6.07, 6.45) is -5.67. The molecule has 140 valence electrons. The van der Waals surface area contributed by atoms with Crippen molar-refractivity contribution >= 4 is 11.7 Å². The first-order chi connectivity index (χ1) is 11.3. The number of pyridine rings is 1. The molecule has 0 radical (unpaired) electrons. The van der Waals surface area contributed by atoms with Gasteiger partial charge in [0, 0.05) is 11.8 Å². The van der Waals surface area contributed by atoms with Crippen molar-refractivity contribution in [1.29, 1.82) is 0 Å². The van der Waals surface area contributed by atoms with Gasteiger partial charge in [0.2, 0.25) is 0 Å². The van der Waals surface area contributed by atoms with Crippen molar-refractivity contribution in [3.05, 3.63) is 23.5 Å². The lowest BCUT2D eigenvalue weighted by Gasteiger charge is -2.32. The molecule has 1 heterocycles. The number of oxime groups is 1. The van der Waals surface area contributed by atoms with E-state index in [1.165, 1.54) is 6.07 Å². The van der Waals surface area contributed by atoms with Crippen LogP contribution in [-0.4, -0.2) is 34.2 Å². The summed E-state index contributed by atoms with van der Waals surface area (Å²) in [4.78, 5) is 15.6. The number of aromatic nitrogens is 1. The first-order valence-corrected chi connectivity index (χ1v) is 7.30. The summed E-state index contributed by atoms with van der Waals surface area (Å²) in [6.45, 7) is 5.92. The maximum absolute atomic E-state index is 12.9. The quantitative estimate of drug-likeness (QED) is 0.321. The molecule has 0 aromatic carbocycles. The number of hydrogen-bond acceptors (Lipinski definition) is 5. The number of halogens is 3. The average Bonchev–Trinajstić information content (AvgIpc) is 2.45. The smallest absolute Gasteiger partial charge is 0.425 e. The Morgan fingerprint density at radius 3 is 2.28 bits per heavy atom. The maximum atomic E-state index is 12.9. The summed E-state index contributed by atoms with van der Waals surface area (Å²) in [6, 6.07) is 1.17. The van der Waals surface area contributed by atoms with Crippen LogP contribution in [0.4, 0.5) is 13.2 Å². The van der Waals surface area contributed by atoms with E-state index in [2.05, 4.69) is 10.1 Å². The minimum Gasteiger partial charge on any atom is -0.481 e. The van der Waals surface area contributed by atoms with Gasteiger partial charge in [0.15, 0.2) is 6.10 Å². The fraction of sp³-hybridized carbons (Fsp3) is 0.533. The van der Waals surface area contributed by atoms with Gasteiger partial charge < -0.3 is 21.4 Å². The van der Waals surface area contributed by atoms with Crippen molar-refractivity contribution in [1.82, 2.24) is 4.98 Å². The van der Waals surface area contributed by atoms with Gasteiger partial charge in [0.25, 0.3) is 5.91 Å². The van der Waals surface area contributed by atoms with Gasteiger partial charge in [-0.15, -0.1) is 0 Å². The molecule has 1 unspecified atom stereocenters. The monoisotopic (exact) mass is 362 g/mol. The number of amidine groups is 1. The fourth-order valence-corrected chi connectivity index (χ4v) is 2.37. The number of ether oxygens (including phenoxy) is 1. The Kier molecular flexibility index (Phi) is 5.88. The summed E-state index contributed by atoms with van der Waals surface area (Å²) in [7, 11) is 0. The van der Waals surface area contributed by atoms with Gasteiger partial charge in [-0.3, -0.25) is 9.78 Å². The van der Waals surface area contributed by atoms with Crippen molar-refractivity contribution in [2.24, 2.45) is 22.0 Å². The summed E-state index contributed by atoms with van der Waals surface area (Å²) in [5.41, 5.74) is 9.92. The van der Waals surface area contributed by atoms with Crippen LogP contribution < -0.4 is 16.2 Å². The number of nitrogens with two attached hydrogens (primary N) is 2. The third-order valence-electron chi connectivity index (χ3n) is 3.51. The minimum absolute atomic E-state index is 0.0612. The SMILES string of the molecule is C[C@H](Oc1ccnc(C(N)=O)c1C(C(N)=NO)C(C)(C)C)C(F)(F)F. The Morgan fingerprint density at radius 1 is 1.32 bits per heavy atom. The van der Waals surface area contributed by atoms with Crippen LogP contribution in [-0.2, 0) is 0 Å². The standard InChI is InChI=1S/C15H21F3N4O3/c1-7(15(16,17)18)25-8-5-6-21-11(13(20)23)9(8)10(12(19)22-24)14(2,3)4/h5-7,10,24H,1-4H3,(H2,19,22)(H2,20,23)/t7-,10?/m0/s1. The van der Waals surface area contributed by atoms with Crippen LogP contribution in [0.3, 0.4) is 0 Å². The zero-order chi connectivity index (χ0) is 19.6. The molecule has 1 amide bonds. The lowest BCUT2D eigenvalue weighted by Crippen LogP contribution is -2.36. The normalized spacial score (nSPS) is 15.6. The predicted octanol–water partition coefficient (Wildman–Crippen LogP) is 2.39. The lowest BCUT2D eigenvalue weighted by atomic mass is 9.74. The van der Waals surface area contributed by atoms with E-state index in [9.17, 15) is 18.0 Å². The van der Waals surface area contributed by atoms with Gasteiger partial charge in [-0.1, -0.05) is 25.9 Å². The Morgan fingerprint density at radius 2 is 1.88 bits per heavy atom. The van der Waals surface area contributed by atoms with Gasteiger partial charge in [0.05, 0.1) is 5.92 Å². The van der Waals surface area contributed by atoms with Crippen molar-refractivity contribution < 1.29 is 27.9 Å². The molecule has 1 aromatic heterocycles. The highest BCUT2D eigenvalue weighted by atomic mass is 19.4. The average molecular weight is 362 g/mol. The predicted molar refractivity (Wildman–Crippen MR) is 84.5 cm³/mol. The van der Waals surface area contributed by atoms with Crippen LogP contribution in [0.1, 0.15) is 49.7 Å². The van der Waals surface area contributed by atoms with Crippen molar-refractivity contribution in [3.8, 4) is 5.75 Å². The van der Waals surface area contributed by atoms with Gasteiger partial charge in [-0.05, 0) is 18.4 Å². The van der Waals surface area contributed by atoms with Gasteiger partial charge in [-0.2, -0.15) is 13.2 Å². The van der Waals surface area contributed by atoms with Crippen molar-refractivity contribution in [2.45, 2.75) is 45.9 Å². The number of carbonyl (C=O) groups excluding carboxylic acids is 1. The summed E-state index contributed by atoms with van der Waals surface area (Å²) in [5, 5.41) is 12.0. The van der Waals surface area contributed by atoms with Crippen molar-refractivity contribution in [3.63, 3.8) is 0 Å². The summed E-state index contributed by atoms with van der Waals surface area (Å²) in [5.74, 6) is -2.52. The molecule has 0 fully saturated rings. The number of carbonyl (C=O) groups is 1. The fourth-order valence-electron chi connectivity index (χ4n) is 2.37. The molecule has 10 heteroatoms. The molecule has 0 aliphatic heterocycles. The molecule has 25 heavy (non-hydrogen) atoms. The van der Waals surface area contributed by atoms with E-state index >= 15 is 0 Å². The third-order valence-corrected chi connectivity index (χ3v) is 3.51. The number of hydrogen-bond donors (Lipinski definition) is 3.